The lowest BCUT2D eigenvalue weighted by Gasteiger charge is -2.29. The van der Waals surface area contributed by atoms with Crippen LogP contribution in [-0.2, 0) is 9.47 Å². The van der Waals surface area contributed by atoms with Crippen molar-refractivity contribution in [1.82, 2.24) is 0 Å². The first kappa shape index (κ1) is 6.18. The van der Waals surface area contributed by atoms with Crippen molar-refractivity contribution < 1.29 is 27.4 Å². The molecule has 1 fully saturated rings. The highest BCUT2D eigenvalue weighted by atomic mass is 19.3. The van der Waals surface area contributed by atoms with Gasteiger partial charge in [-0.15, -0.1) is 0 Å². The maximum atomic E-state index is 11.9. The zero-order chi connectivity index (χ0) is 7.07. The van der Waals surface area contributed by atoms with E-state index in [1.165, 1.54) is 0 Å². The first-order chi connectivity index (χ1) is 4.04. The van der Waals surface area contributed by atoms with Crippen molar-refractivity contribution in [3.63, 3.8) is 0 Å². The summed E-state index contributed by atoms with van der Waals surface area (Å²) in [5.74, 6) is 0. The van der Waals surface area contributed by atoms with E-state index in [4.69, 9.17) is 0 Å². The minimum Gasteiger partial charge on any atom is -0.357 e. The molecule has 1 aliphatic heterocycles. The number of halogens is 3. The Kier molecular flexibility index (Phi) is 1.04. The summed E-state index contributed by atoms with van der Waals surface area (Å²) in [7, 11) is 0. The topological polar surface area (TPSA) is 35.5 Å². The van der Waals surface area contributed by atoms with E-state index in [0.29, 0.717) is 0 Å². The lowest BCUT2D eigenvalue weighted by Crippen LogP contribution is -2.51. The Morgan fingerprint density at radius 2 is 1.89 bits per heavy atom. The maximum absolute atomic E-state index is 11.9. The molecule has 0 N–H and O–H groups in total. The standard InChI is InChI=1S/C3HF3O3/c4-1(5)3(6)8-2(7)9-3/h1H. The van der Waals surface area contributed by atoms with Gasteiger partial charge in [0.25, 0.3) is 0 Å². The van der Waals surface area contributed by atoms with Crippen molar-refractivity contribution in [2.45, 2.75) is 12.5 Å². The van der Waals surface area contributed by atoms with E-state index < -0.39 is 18.6 Å². The second kappa shape index (κ2) is 1.52. The zero-order valence-electron chi connectivity index (χ0n) is 3.94. The molecule has 0 spiro atoms. The molecule has 52 valence electrons. The summed E-state index contributed by atoms with van der Waals surface area (Å²) >= 11 is 0. The third-order valence-electron chi connectivity index (χ3n) is 0.706. The third kappa shape index (κ3) is 0.797. The molecular formula is C3HF3O3. The average Bonchev–Trinajstić information content (AvgIpc) is 1.62. The van der Waals surface area contributed by atoms with Gasteiger partial charge in [-0.25, -0.2) is 4.79 Å². The van der Waals surface area contributed by atoms with Gasteiger partial charge in [-0.2, -0.15) is 13.2 Å². The van der Waals surface area contributed by atoms with Crippen molar-refractivity contribution in [1.29, 1.82) is 0 Å². The lowest BCUT2D eigenvalue weighted by atomic mass is 10.6. The monoisotopic (exact) mass is 142 g/mol. The van der Waals surface area contributed by atoms with E-state index in [0.717, 1.165) is 0 Å². The van der Waals surface area contributed by atoms with Gasteiger partial charge in [-0.1, -0.05) is 0 Å². The molecule has 6 heteroatoms. The fourth-order valence-electron chi connectivity index (χ4n) is 0.324. The quantitative estimate of drug-likeness (QED) is 0.513. The Labute approximate surface area is 47.3 Å². The van der Waals surface area contributed by atoms with Crippen molar-refractivity contribution in [2.75, 3.05) is 0 Å². The number of cyclic esters (lactones) is 2. The number of rotatable bonds is 1. The Bertz CT molecular complexity index is 137. The van der Waals surface area contributed by atoms with Crippen molar-refractivity contribution in [3.8, 4) is 0 Å². The number of carbonyl (C=O) groups excluding carboxylic acids is 1. The molecule has 0 aliphatic carbocycles. The van der Waals surface area contributed by atoms with Gasteiger partial charge in [0, 0.05) is 0 Å². The van der Waals surface area contributed by atoms with Crippen LogP contribution in [0.15, 0.2) is 0 Å². The van der Waals surface area contributed by atoms with Crippen molar-refractivity contribution >= 4 is 6.16 Å². The second-order valence-corrected chi connectivity index (χ2v) is 1.34. The smallest absolute Gasteiger partial charge is 0.357 e. The number of hydrogen-bond donors (Lipinski definition) is 0. The number of carbonyl (C=O) groups is 1. The van der Waals surface area contributed by atoms with E-state index in [-0.39, 0.29) is 0 Å². The van der Waals surface area contributed by atoms with E-state index >= 15 is 0 Å². The van der Waals surface area contributed by atoms with Crippen LogP contribution in [0.5, 0.6) is 0 Å². The van der Waals surface area contributed by atoms with Crippen LogP contribution in [0.2, 0.25) is 0 Å². The van der Waals surface area contributed by atoms with E-state index in [9.17, 15) is 18.0 Å². The van der Waals surface area contributed by atoms with E-state index in [1.807, 2.05) is 0 Å². The molecule has 0 bridgehead atoms. The van der Waals surface area contributed by atoms with Gasteiger partial charge in [0.2, 0.25) is 0 Å². The third-order valence-corrected chi connectivity index (χ3v) is 0.706. The number of hydrogen-bond acceptors (Lipinski definition) is 3. The van der Waals surface area contributed by atoms with Gasteiger partial charge in [0.15, 0.2) is 0 Å². The number of ether oxygens (including phenoxy) is 2. The highest BCUT2D eigenvalue weighted by Crippen LogP contribution is 2.32. The molecule has 0 saturated carbocycles. The molecule has 1 rings (SSSR count). The normalized spacial score (nSPS) is 22.4. The first-order valence-corrected chi connectivity index (χ1v) is 1.93. The summed E-state index contributed by atoms with van der Waals surface area (Å²) < 4.78 is 41.0. The van der Waals surface area contributed by atoms with Crippen LogP contribution < -0.4 is 0 Å². The summed E-state index contributed by atoms with van der Waals surface area (Å²) in [6, 6.07) is -3.49. The molecule has 0 aromatic carbocycles. The van der Waals surface area contributed by atoms with E-state index in [2.05, 4.69) is 9.47 Å². The summed E-state index contributed by atoms with van der Waals surface area (Å²) in [5.41, 5.74) is 0. The molecule has 1 heterocycles. The fraction of sp³-hybridized carbons (Fsp3) is 0.667. The van der Waals surface area contributed by atoms with Gasteiger partial charge in [-0.05, 0) is 0 Å². The molecule has 0 aromatic rings. The zero-order valence-corrected chi connectivity index (χ0v) is 3.94. The Hall–Kier alpha value is -0.940. The van der Waals surface area contributed by atoms with Crippen molar-refractivity contribution in [3.05, 3.63) is 0 Å². The van der Waals surface area contributed by atoms with Gasteiger partial charge in [0.05, 0.1) is 0 Å². The largest absolute Gasteiger partial charge is 0.519 e. The Morgan fingerprint density at radius 3 is 2.00 bits per heavy atom. The molecule has 0 radical (unpaired) electrons. The minimum absolute atomic E-state index is 1.42. The molecule has 0 atom stereocenters. The predicted octanol–water partition coefficient (Wildman–Crippen LogP) is 1.04. The molecule has 9 heavy (non-hydrogen) atoms. The van der Waals surface area contributed by atoms with Crippen LogP contribution in [0, 0.1) is 0 Å². The van der Waals surface area contributed by atoms with Gasteiger partial charge in [-0.3, -0.25) is 0 Å². The van der Waals surface area contributed by atoms with Crippen LogP contribution in [0.3, 0.4) is 0 Å². The van der Waals surface area contributed by atoms with Gasteiger partial charge < -0.3 is 9.47 Å². The van der Waals surface area contributed by atoms with Gasteiger partial charge >= 0.3 is 18.6 Å². The second-order valence-electron chi connectivity index (χ2n) is 1.34. The molecule has 0 unspecified atom stereocenters. The minimum atomic E-state index is -3.49. The van der Waals surface area contributed by atoms with Crippen molar-refractivity contribution in [2.24, 2.45) is 0 Å². The lowest BCUT2D eigenvalue weighted by molar-refractivity contribution is -0.389. The predicted molar refractivity (Wildman–Crippen MR) is 17.4 cm³/mol. The van der Waals surface area contributed by atoms with Gasteiger partial charge in [0.1, 0.15) is 0 Å². The fourth-order valence-corrected chi connectivity index (χ4v) is 0.324. The molecule has 1 aliphatic rings. The Morgan fingerprint density at radius 1 is 1.44 bits per heavy atom. The summed E-state index contributed by atoms with van der Waals surface area (Å²) in [4.78, 5) is 9.60. The molecule has 1 saturated heterocycles. The average molecular weight is 142 g/mol. The van der Waals surface area contributed by atoms with Crippen LogP contribution in [0.1, 0.15) is 0 Å². The molecule has 0 aromatic heterocycles. The highest BCUT2D eigenvalue weighted by molar-refractivity contribution is 5.65. The summed E-state index contributed by atoms with van der Waals surface area (Å²) in [5, 5.41) is 0. The number of alkyl halides is 3. The van der Waals surface area contributed by atoms with Crippen LogP contribution in [0.25, 0.3) is 0 Å². The van der Waals surface area contributed by atoms with E-state index in [1.54, 1.807) is 0 Å². The molecular weight excluding hydrogens is 141 g/mol. The first-order valence-electron chi connectivity index (χ1n) is 1.93. The Balaban J connectivity index is 2.49. The van der Waals surface area contributed by atoms with Crippen LogP contribution in [0.4, 0.5) is 18.0 Å². The van der Waals surface area contributed by atoms with Crippen LogP contribution in [-0.4, -0.2) is 18.6 Å². The maximum Gasteiger partial charge on any atom is 0.519 e. The molecule has 3 nitrogen and oxygen atoms in total. The molecule has 0 amide bonds. The highest BCUT2D eigenvalue weighted by Gasteiger charge is 2.58. The summed E-state index contributed by atoms with van der Waals surface area (Å²) in [6.45, 7) is 0. The summed E-state index contributed by atoms with van der Waals surface area (Å²) in [6.07, 6.45) is -4.87. The van der Waals surface area contributed by atoms with Crippen LogP contribution >= 0.6 is 0 Å². The SMILES string of the molecule is O=C1OC(F)(C(F)F)O1.